The van der Waals surface area contributed by atoms with Gasteiger partial charge in [-0.1, -0.05) is 19.1 Å². The number of aryl methyl sites for hydroxylation is 1. The second-order valence-corrected chi connectivity index (χ2v) is 4.59. The molecule has 1 heterocycles. The van der Waals surface area contributed by atoms with Crippen LogP contribution in [-0.2, 0) is 6.42 Å². The molecule has 1 aromatic heterocycles. The minimum absolute atomic E-state index is 0.0512. The Balaban J connectivity index is 2.35. The third kappa shape index (κ3) is 2.19. The fraction of sp³-hybridized carbons (Fsp3) is 0.154. The smallest absolute Gasteiger partial charge is 0.229 e. The molecule has 0 unspecified atom stereocenters. The highest BCUT2D eigenvalue weighted by Crippen LogP contribution is 2.18. The van der Waals surface area contributed by atoms with Gasteiger partial charge >= 0.3 is 0 Å². The standard InChI is InChI=1S/C13H11IO2/c1-2-9-7-8-12(16-9)13(15)10-5-3-4-6-11(10)14/h3-8H,2H2,1H3. The van der Waals surface area contributed by atoms with Crippen molar-refractivity contribution >= 4 is 28.4 Å². The molecule has 0 bridgehead atoms. The normalized spacial score (nSPS) is 10.4. The summed E-state index contributed by atoms with van der Waals surface area (Å²) in [6, 6.07) is 11.1. The van der Waals surface area contributed by atoms with Gasteiger partial charge in [-0.2, -0.15) is 0 Å². The van der Waals surface area contributed by atoms with Gasteiger partial charge in [0.25, 0.3) is 0 Å². The van der Waals surface area contributed by atoms with Crippen LogP contribution in [0.2, 0.25) is 0 Å². The monoisotopic (exact) mass is 326 g/mol. The van der Waals surface area contributed by atoms with Gasteiger partial charge in [0.1, 0.15) is 5.76 Å². The molecule has 0 N–H and O–H groups in total. The average molecular weight is 326 g/mol. The van der Waals surface area contributed by atoms with Gasteiger partial charge in [0.05, 0.1) is 0 Å². The zero-order valence-corrected chi connectivity index (χ0v) is 11.0. The van der Waals surface area contributed by atoms with E-state index in [9.17, 15) is 4.79 Å². The lowest BCUT2D eigenvalue weighted by Crippen LogP contribution is -2.01. The number of benzene rings is 1. The maximum Gasteiger partial charge on any atom is 0.229 e. The van der Waals surface area contributed by atoms with Crippen LogP contribution in [0.15, 0.2) is 40.8 Å². The van der Waals surface area contributed by atoms with Crippen LogP contribution in [-0.4, -0.2) is 5.78 Å². The number of ketones is 1. The number of rotatable bonds is 3. The van der Waals surface area contributed by atoms with Crippen LogP contribution in [0.25, 0.3) is 0 Å². The highest BCUT2D eigenvalue weighted by molar-refractivity contribution is 14.1. The van der Waals surface area contributed by atoms with Crippen LogP contribution in [0.3, 0.4) is 0 Å². The number of furan rings is 1. The van der Waals surface area contributed by atoms with E-state index in [0.717, 1.165) is 15.8 Å². The summed E-state index contributed by atoms with van der Waals surface area (Å²) >= 11 is 2.16. The van der Waals surface area contributed by atoms with Crippen molar-refractivity contribution < 1.29 is 9.21 Å². The van der Waals surface area contributed by atoms with Gasteiger partial charge < -0.3 is 4.42 Å². The van der Waals surface area contributed by atoms with Gasteiger partial charge in [-0.15, -0.1) is 0 Å². The van der Waals surface area contributed by atoms with Crippen molar-refractivity contribution in [2.75, 3.05) is 0 Å². The molecule has 3 heteroatoms. The molecule has 0 amide bonds. The Kier molecular flexibility index (Phi) is 3.43. The fourth-order valence-corrected chi connectivity index (χ4v) is 2.10. The first-order valence-electron chi connectivity index (χ1n) is 5.10. The average Bonchev–Trinajstić information content (AvgIpc) is 2.77. The van der Waals surface area contributed by atoms with Crippen molar-refractivity contribution in [2.45, 2.75) is 13.3 Å². The summed E-state index contributed by atoms with van der Waals surface area (Å²) in [5, 5.41) is 0. The molecule has 0 aliphatic carbocycles. The summed E-state index contributed by atoms with van der Waals surface area (Å²) in [5.41, 5.74) is 0.695. The Labute approximate surface area is 108 Å². The van der Waals surface area contributed by atoms with E-state index in [1.165, 1.54) is 0 Å². The number of halogens is 1. The maximum absolute atomic E-state index is 12.1. The summed E-state index contributed by atoms with van der Waals surface area (Å²) in [7, 11) is 0. The van der Waals surface area contributed by atoms with Crippen LogP contribution in [0.5, 0.6) is 0 Å². The molecule has 2 aromatic rings. The van der Waals surface area contributed by atoms with Crippen molar-refractivity contribution in [1.29, 1.82) is 0 Å². The van der Waals surface area contributed by atoms with Crippen LogP contribution in [0.4, 0.5) is 0 Å². The molecule has 0 radical (unpaired) electrons. The van der Waals surface area contributed by atoms with Crippen LogP contribution < -0.4 is 0 Å². The Morgan fingerprint density at radius 1 is 1.25 bits per heavy atom. The zero-order chi connectivity index (χ0) is 11.5. The first-order valence-corrected chi connectivity index (χ1v) is 6.18. The lowest BCUT2D eigenvalue weighted by Gasteiger charge is -2.00. The van der Waals surface area contributed by atoms with Crippen molar-refractivity contribution in [2.24, 2.45) is 0 Å². The van der Waals surface area contributed by atoms with E-state index in [2.05, 4.69) is 22.6 Å². The van der Waals surface area contributed by atoms with Crippen molar-refractivity contribution in [1.82, 2.24) is 0 Å². The first-order chi connectivity index (χ1) is 7.72. The molecular formula is C13H11IO2. The molecule has 0 saturated carbocycles. The molecular weight excluding hydrogens is 315 g/mol. The molecule has 82 valence electrons. The molecule has 0 aliphatic heterocycles. The second kappa shape index (κ2) is 4.82. The maximum atomic E-state index is 12.1. The molecule has 1 aromatic carbocycles. The lowest BCUT2D eigenvalue weighted by atomic mass is 10.1. The molecule has 16 heavy (non-hydrogen) atoms. The molecule has 0 aliphatic rings. The van der Waals surface area contributed by atoms with Gasteiger partial charge in [-0.25, -0.2) is 0 Å². The van der Waals surface area contributed by atoms with Gasteiger partial charge in [0.15, 0.2) is 5.76 Å². The molecule has 0 spiro atoms. The molecule has 2 rings (SSSR count). The highest BCUT2D eigenvalue weighted by atomic mass is 127. The van der Waals surface area contributed by atoms with E-state index < -0.39 is 0 Å². The molecule has 0 atom stereocenters. The predicted octanol–water partition coefficient (Wildman–Crippen LogP) is 3.68. The first kappa shape index (κ1) is 11.4. The summed E-state index contributed by atoms with van der Waals surface area (Å²) in [6.07, 6.45) is 0.805. The number of hydrogen-bond donors (Lipinski definition) is 0. The quantitative estimate of drug-likeness (QED) is 0.636. The Bertz CT molecular complexity index is 514. The van der Waals surface area contributed by atoms with E-state index >= 15 is 0 Å². The van der Waals surface area contributed by atoms with Crippen LogP contribution in [0, 0.1) is 3.57 Å². The van der Waals surface area contributed by atoms with Gasteiger partial charge in [-0.05, 0) is 46.9 Å². The minimum atomic E-state index is -0.0512. The molecule has 0 fully saturated rings. The predicted molar refractivity (Wildman–Crippen MR) is 70.7 cm³/mol. The minimum Gasteiger partial charge on any atom is -0.458 e. The fourth-order valence-electron chi connectivity index (χ4n) is 1.47. The van der Waals surface area contributed by atoms with E-state index in [1.807, 2.05) is 37.3 Å². The number of carbonyl (C=O) groups excluding carboxylic acids is 1. The van der Waals surface area contributed by atoms with Gasteiger partial charge in [0, 0.05) is 15.6 Å². The molecule has 2 nitrogen and oxygen atoms in total. The number of carbonyl (C=O) groups is 1. The summed E-state index contributed by atoms with van der Waals surface area (Å²) in [6.45, 7) is 2.00. The summed E-state index contributed by atoms with van der Waals surface area (Å²) in [4.78, 5) is 12.1. The highest BCUT2D eigenvalue weighted by Gasteiger charge is 2.15. The SMILES string of the molecule is CCc1ccc(C(=O)c2ccccc2I)o1. The van der Waals surface area contributed by atoms with Gasteiger partial charge in [0.2, 0.25) is 5.78 Å². The molecule has 0 saturated heterocycles. The van der Waals surface area contributed by atoms with Crippen LogP contribution in [0.1, 0.15) is 28.8 Å². The number of hydrogen-bond acceptors (Lipinski definition) is 2. The Morgan fingerprint density at radius 3 is 2.62 bits per heavy atom. The van der Waals surface area contributed by atoms with Gasteiger partial charge in [-0.3, -0.25) is 4.79 Å². The van der Waals surface area contributed by atoms with E-state index in [-0.39, 0.29) is 5.78 Å². The third-order valence-electron chi connectivity index (χ3n) is 2.35. The zero-order valence-electron chi connectivity index (χ0n) is 8.87. The van der Waals surface area contributed by atoms with E-state index in [1.54, 1.807) is 6.07 Å². The topological polar surface area (TPSA) is 30.2 Å². The van der Waals surface area contributed by atoms with Crippen molar-refractivity contribution in [3.8, 4) is 0 Å². The summed E-state index contributed by atoms with van der Waals surface area (Å²) in [5.74, 6) is 1.21. The largest absolute Gasteiger partial charge is 0.458 e. The van der Waals surface area contributed by atoms with Crippen molar-refractivity contribution in [3.05, 3.63) is 57.1 Å². The van der Waals surface area contributed by atoms with Crippen molar-refractivity contribution in [3.63, 3.8) is 0 Å². The van der Waals surface area contributed by atoms with E-state index in [0.29, 0.717) is 11.3 Å². The third-order valence-corrected chi connectivity index (χ3v) is 3.29. The second-order valence-electron chi connectivity index (χ2n) is 3.43. The summed E-state index contributed by atoms with van der Waals surface area (Å²) < 4.78 is 6.40. The Hall–Kier alpha value is -1.10. The lowest BCUT2D eigenvalue weighted by molar-refractivity contribution is 0.101. The van der Waals surface area contributed by atoms with E-state index in [4.69, 9.17) is 4.42 Å². The Morgan fingerprint density at radius 2 is 2.00 bits per heavy atom. The van der Waals surface area contributed by atoms with Crippen LogP contribution >= 0.6 is 22.6 Å².